The minimum absolute atomic E-state index is 0.174. The number of ether oxygens (including phenoxy) is 1. The Morgan fingerprint density at radius 1 is 1.41 bits per heavy atom. The van der Waals surface area contributed by atoms with E-state index in [1.165, 1.54) is 16.7 Å². The SMILES string of the molecule is Cc1ccc2c(c1C)OC(C)(CCC=O)CC2. The van der Waals surface area contributed by atoms with Crippen LogP contribution >= 0.6 is 0 Å². The van der Waals surface area contributed by atoms with Gasteiger partial charge in [0, 0.05) is 6.42 Å². The minimum atomic E-state index is -0.174. The molecule has 0 aliphatic carbocycles. The highest BCUT2D eigenvalue weighted by Crippen LogP contribution is 2.38. The van der Waals surface area contributed by atoms with Crippen molar-refractivity contribution >= 4 is 6.29 Å². The molecule has 0 N–H and O–H groups in total. The first-order chi connectivity index (χ1) is 8.06. The fraction of sp³-hybridized carbons (Fsp3) is 0.533. The minimum Gasteiger partial charge on any atom is -0.487 e. The number of hydrogen-bond acceptors (Lipinski definition) is 2. The van der Waals surface area contributed by atoms with Crippen molar-refractivity contribution in [1.29, 1.82) is 0 Å². The molecule has 1 unspecified atom stereocenters. The van der Waals surface area contributed by atoms with Gasteiger partial charge in [-0.2, -0.15) is 0 Å². The van der Waals surface area contributed by atoms with Gasteiger partial charge in [-0.3, -0.25) is 0 Å². The van der Waals surface area contributed by atoms with Crippen molar-refractivity contribution < 1.29 is 9.53 Å². The molecule has 1 aliphatic rings. The van der Waals surface area contributed by atoms with Crippen LogP contribution in [0.1, 0.15) is 42.9 Å². The van der Waals surface area contributed by atoms with Gasteiger partial charge in [0.15, 0.2) is 0 Å². The van der Waals surface area contributed by atoms with Crippen LogP contribution in [0.5, 0.6) is 5.75 Å². The molecular formula is C15H20O2. The highest BCUT2D eigenvalue weighted by Gasteiger charge is 2.31. The highest BCUT2D eigenvalue weighted by atomic mass is 16.5. The van der Waals surface area contributed by atoms with Crippen molar-refractivity contribution in [2.24, 2.45) is 0 Å². The fourth-order valence-corrected chi connectivity index (χ4v) is 2.42. The lowest BCUT2D eigenvalue weighted by Gasteiger charge is -2.36. The molecule has 0 aromatic heterocycles. The number of aryl methyl sites for hydroxylation is 2. The van der Waals surface area contributed by atoms with E-state index in [0.29, 0.717) is 6.42 Å². The van der Waals surface area contributed by atoms with Gasteiger partial charge in [0.1, 0.15) is 17.6 Å². The molecule has 2 rings (SSSR count). The molecule has 0 radical (unpaired) electrons. The molecule has 0 amide bonds. The summed E-state index contributed by atoms with van der Waals surface area (Å²) in [6, 6.07) is 4.32. The van der Waals surface area contributed by atoms with Gasteiger partial charge >= 0.3 is 0 Å². The van der Waals surface area contributed by atoms with Crippen LogP contribution in [0.2, 0.25) is 0 Å². The summed E-state index contributed by atoms with van der Waals surface area (Å²) in [7, 11) is 0. The Labute approximate surface area is 103 Å². The molecule has 0 fully saturated rings. The predicted octanol–water partition coefficient (Wildman–Crippen LogP) is 3.37. The average molecular weight is 232 g/mol. The topological polar surface area (TPSA) is 26.3 Å². The number of aldehydes is 1. The summed E-state index contributed by atoms with van der Waals surface area (Å²) in [4.78, 5) is 10.5. The predicted molar refractivity (Wildman–Crippen MR) is 68.6 cm³/mol. The van der Waals surface area contributed by atoms with Crippen LogP contribution in [0.15, 0.2) is 12.1 Å². The maximum atomic E-state index is 10.5. The Morgan fingerprint density at radius 3 is 2.88 bits per heavy atom. The molecule has 0 saturated heterocycles. The number of benzene rings is 1. The van der Waals surface area contributed by atoms with E-state index in [2.05, 4.69) is 32.9 Å². The molecule has 1 atom stereocenters. The average Bonchev–Trinajstić information content (AvgIpc) is 2.32. The van der Waals surface area contributed by atoms with Crippen molar-refractivity contribution in [3.63, 3.8) is 0 Å². The molecule has 0 spiro atoms. The van der Waals surface area contributed by atoms with Gasteiger partial charge < -0.3 is 9.53 Å². The van der Waals surface area contributed by atoms with Gasteiger partial charge in [-0.15, -0.1) is 0 Å². The Kier molecular flexibility index (Phi) is 3.23. The molecular weight excluding hydrogens is 212 g/mol. The Hall–Kier alpha value is -1.31. The second-order valence-electron chi connectivity index (χ2n) is 5.25. The number of carbonyl (C=O) groups is 1. The standard InChI is InChI=1S/C15H20O2/c1-11-5-6-13-7-9-15(3,8-4-10-16)17-14(13)12(11)2/h5-6,10H,4,7-9H2,1-3H3. The fourth-order valence-electron chi connectivity index (χ4n) is 2.42. The highest BCUT2D eigenvalue weighted by molar-refractivity contribution is 5.50. The van der Waals surface area contributed by atoms with E-state index in [1.54, 1.807) is 0 Å². The maximum Gasteiger partial charge on any atom is 0.126 e. The van der Waals surface area contributed by atoms with Gasteiger partial charge in [0.2, 0.25) is 0 Å². The Balaban J connectivity index is 2.28. The second kappa shape index (κ2) is 4.52. The van der Waals surface area contributed by atoms with Gasteiger partial charge in [-0.25, -0.2) is 0 Å². The van der Waals surface area contributed by atoms with Crippen LogP contribution in [-0.4, -0.2) is 11.9 Å². The summed E-state index contributed by atoms with van der Waals surface area (Å²) in [6.45, 7) is 6.33. The molecule has 2 nitrogen and oxygen atoms in total. The summed E-state index contributed by atoms with van der Waals surface area (Å²) in [5.74, 6) is 1.05. The van der Waals surface area contributed by atoms with Crippen LogP contribution in [-0.2, 0) is 11.2 Å². The molecule has 17 heavy (non-hydrogen) atoms. The molecule has 1 heterocycles. The van der Waals surface area contributed by atoms with Crippen molar-refractivity contribution in [1.82, 2.24) is 0 Å². The zero-order valence-electron chi connectivity index (χ0n) is 10.9. The molecule has 0 saturated carbocycles. The van der Waals surface area contributed by atoms with Gasteiger partial charge in [0.25, 0.3) is 0 Å². The summed E-state index contributed by atoms with van der Waals surface area (Å²) in [5, 5.41) is 0. The van der Waals surface area contributed by atoms with E-state index < -0.39 is 0 Å². The first-order valence-electron chi connectivity index (χ1n) is 6.27. The maximum absolute atomic E-state index is 10.5. The van der Waals surface area contributed by atoms with Crippen molar-refractivity contribution in [2.75, 3.05) is 0 Å². The number of fused-ring (bicyclic) bond motifs is 1. The van der Waals surface area contributed by atoms with Crippen LogP contribution < -0.4 is 4.74 Å². The van der Waals surface area contributed by atoms with E-state index in [9.17, 15) is 4.79 Å². The molecule has 1 aromatic rings. The van der Waals surface area contributed by atoms with Crippen molar-refractivity contribution in [3.8, 4) is 5.75 Å². The van der Waals surface area contributed by atoms with Gasteiger partial charge in [0.05, 0.1) is 0 Å². The molecule has 1 aromatic carbocycles. The van der Waals surface area contributed by atoms with E-state index in [4.69, 9.17) is 4.74 Å². The normalized spacial score (nSPS) is 22.8. The number of rotatable bonds is 3. The zero-order chi connectivity index (χ0) is 12.5. The first kappa shape index (κ1) is 12.2. The molecule has 1 aliphatic heterocycles. The Bertz CT molecular complexity index is 437. The number of carbonyl (C=O) groups excluding carboxylic acids is 1. The Morgan fingerprint density at radius 2 is 2.18 bits per heavy atom. The van der Waals surface area contributed by atoms with E-state index in [0.717, 1.165) is 31.3 Å². The summed E-state index contributed by atoms with van der Waals surface area (Å²) in [6.07, 6.45) is 4.41. The van der Waals surface area contributed by atoms with Crippen LogP contribution in [0.4, 0.5) is 0 Å². The lowest BCUT2D eigenvalue weighted by atomic mass is 9.87. The van der Waals surface area contributed by atoms with E-state index in [-0.39, 0.29) is 5.60 Å². The van der Waals surface area contributed by atoms with Crippen molar-refractivity contribution in [2.45, 2.75) is 52.1 Å². The van der Waals surface area contributed by atoms with Crippen LogP contribution in [0.3, 0.4) is 0 Å². The van der Waals surface area contributed by atoms with Gasteiger partial charge in [-0.05, 0) is 56.7 Å². The zero-order valence-corrected chi connectivity index (χ0v) is 10.9. The first-order valence-corrected chi connectivity index (χ1v) is 6.27. The third kappa shape index (κ3) is 2.36. The summed E-state index contributed by atoms with van der Waals surface area (Å²) < 4.78 is 6.17. The molecule has 92 valence electrons. The largest absolute Gasteiger partial charge is 0.487 e. The summed E-state index contributed by atoms with van der Waals surface area (Å²) >= 11 is 0. The lowest BCUT2D eigenvalue weighted by Crippen LogP contribution is -2.36. The molecule has 2 heteroatoms. The molecule has 0 bridgehead atoms. The lowest BCUT2D eigenvalue weighted by molar-refractivity contribution is -0.108. The third-order valence-electron chi connectivity index (χ3n) is 3.82. The van der Waals surface area contributed by atoms with Gasteiger partial charge in [-0.1, -0.05) is 12.1 Å². The van der Waals surface area contributed by atoms with Crippen LogP contribution in [0, 0.1) is 13.8 Å². The summed E-state index contributed by atoms with van der Waals surface area (Å²) in [5.41, 5.74) is 3.63. The monoisotopic (exact) mass is 232 g/mol. The quantitative estimate of drug-likeness (QED) is 0.747. The van der Waals surface area contributed by atoms with Crippen molar-refractivity contribution in [3.05, 3.63) is 28.8 Å². The second-order valence-corrected chi connectivity index (χ2v) is 5.25. The number of hydrogen-bond donors (Lipinski definition) is 0. The van der Waals surface area contributed by atoms with E-state index in [1.807, 2.05) is 0 Å². The van der Waals surface area contributed by atoms with E-state index >= 15 is 0 Å². The van der Waals surface area contributed by atoms with Crippen LogP contribution in [0.25, 0.3) is 0 Å². The smallest absolute Gasteiger partial charge is 0.126 e. The third-order valence-corrected chi connectivity index (χ3v) is 3.82.